The van der Waals surface area contributed by atoms with Crippen LogP contribution in [0.1, 0.15) is 44.2 Å². The molecule has 0 amide bonds. The number of aliphatic hydroxyl groups excluding tert-OH is 1. The van der Waals surface area contributed by atoms with Gasteiger partial charge in [0.2, 0.25) is 0 Å². The summed E-state index contributed by atoms with van der Waals surface area (Å²) in [6.45, 7) is 6.47. The number of rotatable bonds is 10. The van der Waals surface area contributed by atoms with Gasteiger partial charge in [-0.2, -0.15) is 0 Å². The molecule has 1 aromatic carbocycles. The van der Waals surface area contributed by atoms with Crippen LogP contribution in [0.15, 0.2) is 23.3 Å². The molecule has 3 rings (SSSR count). The molecule has 9 heteroatoms. The van der Waals surface area contributed by atoms with E-state index in [9.17, 15) is 14.6 Å². The van der Waals surface area contributed by atoms with E-state index in [2.05, 4.69) is 21.4 Å². The summed E-state index contributed by atoms with van der Waals surface area (Å²) in [5.41, 5.74) is 7.24. The summed E-state index contributed by atoms with van der Waals surface area (Å²) in [7, 11) is 1.78. The number of ether oxygens (including phenoxy) is 1. The molecule has 174 valence electrons. The minimum atomic E-state index is -1.49. The van der Waals surface area contributed by atoms with Crippen LogP contribution in [-0.2, 0) is 17.8 Å². The lowest BCUT2D eigenvalue weighted by Gasteiger charge is -2.30. The Bertz CT molecular complexity index is 740. The van der Waals surface area contributed by atoms with Crippen LogP contribution in [-0.4, -0.2) is 53.7 Å². The van der Waals surface area contributed by atoms with Gasteiger partial charge in [0.1, 0.15) is 11.7 Å². The van der Waals surface area contributed by atoms with Crippen molar-refractivity contribution >= 4 is 5.84 Å². The van der Waals surface area contributed by atoms with Gasteiger partial charge in [-0.3, -0.25) is 5.43 Å². The summed E-state index contributed by atoms with van der Waals surface area (Å²) in [5, 5.41) is 28.3. The first-order valence-corrected chi connectivity index (χ1v) is 11.2. The summed E-state index contributed by atoms with van der Waals surface area (Å²) < 4.78 is 20.7. The van der Waals surface area contributed by atoms with E-state index in [0.717, 1.165) is 31.5 Å². The quantitative estimate of drug-likeness (QED) is 0.340. The molecule has 31 heavy (non-hydrogen) atoms. The molecule has 2 aliphatic rings. The molecule has 0 spiro atoms. The number of nitrogens with zero attached hydrogens (tertiary/aromatic N) is 2. The van der Waals surface area contributed by atoms with E-state index in [-0.39, 0.29) is 30.4 Å². The Morgan fingerprint density at radius 3 is 2.61 bits per heavy atom. The van der Waals surface area contributed by atoms with Crippen molar-refractivity contribution in [2.75, 3.05) is 20.1 Å². The number of nitrogens with one attached hydrogen (secondary N) is 2. The number of hydrogen-bond donors (Lipinski definition) is 5. The maximum atomic E-state index is 14.8. The molecule has 0 saturated carbocycles. The van der Waals surface area contributed by atoms with Crippen LogP contribution in [0.4, 0.5) is 4.39 Å². The number of hydrogen-bond acceptors (Lipinski definition) is 7. The Hall–Kier alpha value is -1.78. The molecule has 0 unspecified atom stereocenters. The van der Waals surface area contributed by atoms with E-state index in [1.807, 2.05) is 19.9 Å². The first-order valence-electron chi connectivity index (χ1n) is 11.2. The van der Waals surface area contributed by atoms with Crippen LogP contribution in [0.3, 0.4) is 0 Å². The van der Waals surface area contributed by atoms with Crippen molar-refractivity contribution in [3.63, 3.8) is 0 Å². The Balaban J connectivity index is 1.71. The fourth-order valence-corrected chi connectivity index (χ4v) is 4.36. The lowest BCUT2D eigenvalue weighted by molar-refractivity contribution is -0.665. The standard InChI is InChI=1S/C22H36FN5O3/c1-14(2)10-19(22(29)30)18(21-25-27-28(3)26-21)11-15-4-5-16(20(23)12-15)13-31-17-6-8-24-9-7-17/h4-5,12,14,17-19,22,24,27,29-30H,6-11,13H2,1-3H3,(H,25,26)/p+1/t18-,19-/m0/s1. The lowest BCUT2D eigenvalue weighted by atomic mass is 9.80. The van der Waals surface area contributed by atoms with Gasteiger partial charge in [-0.25, -0.2) is 9.93 Å². The molecular weight excluding hydrogens is 401 g/mol. The van der Waals surface area contributed by atoms with Crippen molar-refractivity contribution < 1.29 is 24.7 Å². The van der Waals surface area contributed by atoms with Crippen LogP contribution in [0, 0.1) is 23.6 Å². The molecule has 2 atom stereocenters. The van der Waals surface area contributed by atoms with E-state index < -0.39 is 12.2 Å². The molecule has 0 bridgehead atoms. The number of hydrazone groups is 1. The normalized spacial score (nSPS) is 19.9. The minimum absolute atomic E-state index is 0.201. The van der Waals surface area contributed by atoms with Crippen LogP contribution in [0.25, 0.3) is 0 Å². The predicted molar refractivity (Wildman–Crippen MR) is 116 cm³/mol. The second-order valence-corrected chi connectivity index (χ2v) is 9.09. The van der Waals surface area contributed by atoms with Crippen LogP contribution < -0.4 is 16.3 Å². The fourth-order valence-electron chi connectivity index (χ4n) is 4.36. The molecule has 1 aromatic rings. The van der Waals surface area contributed by atoms with Crippen molar-refractivity contribution in [3.8, 4) is 0 Å². The van der Waals surface area contributed by atoms with E-state index in [1.54, 1.807) is 18.2 Å². The van der Waals surface area contributed by atoms with Gasteiger partial charge in [0, 0.05) is 37.3 Å². The number of piperidine rings is 1. The molecule has 0 radical (unpaired) electrons. The Morgan fingerprint density at radius 2 is 2.03 bits per heavy atom. The third-order valence-electron chi connectivity index (χ3n) is 6.03. The third-order valence-corrected chi connectivity index (χ3v) is 6.03. The topological polar surface area (TPSA) is 106 Å². The predicted octanol–water partition coefficient (Wildman–Crippen LogP) is 0.468. The van der Waals surface area contributed by atoms with Crippen molar-refractivity contribution in [2.45, 2.75) is 58.5 Å². The van der Waals surface area contributed by atoms with Crippen molar-refractivity contribution in [1.82, 2.24) is 16.1 Å². The van der Waals surface area contributed by atoms with Gasteiger partial charge in [-0.15, -0.1) is 10.2 Å². The van der Waals surface area contributed by atoms with Gasteiger partial charge in [-0.1, -0.05) is 26.0 Å². The first-order chi connectivity index (χ1) is 14.8. The lowest BCUT2D eigenvalue weighted by Crippen LogP contribution is -2.86. The molecular formula is C22H37FN5O3+. The monoisotopic (exact) mass is 438 g/mol. The van der Waals surface area contributed by atoms with Gasteiger partial charge >= 0.3 is 0 Å². The van der Waals surface area contributed by atoms with E-state index in [4.69, 9.17) is 4.74 Å². The summed E-state index contributed by atoms with van der Waals surface area (Å²) in [4.78, 5) is 0. The van der Waals surface area contributed by atoms with Crippen LogP contribution >= 0.6 is 0 Å². The molecule has 0 aliphatic carbocycles. The second-order valence-electron chi connectivity index (χ2n) is 9.09. The van der Waals surface area contributed by atoms with E-state index in [1.165, 1.54) is 6.07 Å². The summed E-state index contributed by atoms with van der Waals surface area (Å²) >= 11 is 0. The molecule has 2 heterocycles. The number of amidine groups is 1. The van der Waals surface area contributed by atoms with Gasteiger partial charge in [0.15, 0.2) is 6.29 Å². The zero-order valence-electron chi connectivity index (χ0n) is 18.7. The highest BCUT2D eigenvalue weighted by molar-refractivity contribution is 5.85. The molecule has 1 fully saturated rings. The fraction of sp³-hybridized carbons (Fsp3) is 0.682. The van der Waals surface area contributed by atoms with Gasteiger partial charge in [0.25, 0.3) is 0 Å². The molecule has 2 aliphatic heterocycles. The molecule has 8 nitrogen and oxygen atoms in total. The number of hydrazine groups is 2. The average molecular weight is 439 g/mol. The highest BCUT2D eigenvalue weighted by Crippen LogP contribution is 2.29. The Labute approximate surface area is 183 Å². The van der Waals surface area contributed by atoms with Gasteiger partial charge in [0.05, 0.1) is 25.8 Å². The van der Waals surface area contributed by atoms with Crippen LogP contribution in [0.5, 0.6) is 0 Å². The van der Waals surface area contributed by atoms with Crippen molar-refractivity contribution in [2.24, 2.45) is 22.9 Å². The zero-order valence-corrected chi connectivity index (χ0v) is 18.7. The number of halogens is 1. The maximum absolute atomic E-state index is 14.8. The maximum Gasteiger partial charge on any atom is 0.155 e. The summed E-state index contributed by atoms with van der Waals surface area (Å²) in [6, 6.07) is 5.20. The van der Waals surface area contributed by atoms with Crippen LogP contribution in [0.2, 0.25) is 0 Å². The third kappa shape index (κ3) is 6.85. The van der Waals surface area contributed by atoms with Crippen molar-refractivity contribution in [1.29, 1.82) is 0 Å². The Morgan fingerprint density at radius 1 is 1.29 bits per heavy atom. The number of nitrogens with two attached hydrogens (primary N) is 1. The molecule has 1 saturated heterocycles. The van der Waals surface area contributed by atoms with Crippen molar-refractivity contribution in [3.05, 3.63) is 35.1 Å². The summed E-state index contributed by atoms with van der Waals surface area (Å²) in [6.07, 6.45) is 1.76. The number of quaternary nitrogens is 1. The van der Waals surface area contributed by atoms with Gasteiger partial charge in [-0.05, 0) is 30.4 Å². The van der Waals surface area contributed by atoms with E-state index >= 15 is 0 Å². The SMILES string of the molecule is CC(C)C[C@H](C(O)O)[C@H](Cc1ccc(COC2CC[NH2+]CC2)c(F)c1)C1=NNN(C)N1. The summed E-state index contributed by atoms with van der Waals surface area (Å²) in [5.74, 6) is -0.146. The van der Waals surface area contributed by atoms with Gasteiger partial charge < -0.3 is 20.3 Å². The number of benzene rings is 1. The van der Waals surface area contributed by atoms with E-state index in [0.29, 0.717) is 24.2 Å². The average Bonchev–Trinajstić information content (AvgIpc) is 3.16. The largest absolute Gasteiger partial charge is 0.373 e. The minimum Gasteiger partial charge on any atom is -0.373 e. The molecule has 6 N–H and O–H groups in total. The zero-order chi connectivity index (χ0) is 22.4. The highest BCUT2D eigenvalue weighted by Gasteiger charge is 2.34. The number of aliphatic hydroxyl groups is 2. The second kappa shape index (κ2) is 11.2. The highest BCUT2D eigenvalue weighted by atomic mass is 19.1. The smallest absolute Gasteiger partial charge is 0.155 e. The first kappa shape index (κ1) is 23.9. The Kier molecular flexibility index (Phi) is 8.62. The molecule has 0 aromatic heterocycles.